The van der Waals surface area contributed by atoms with Gasteiger partial charge in [0.1, 0.15) is 0 Å². The summed E-state index contributed by atoms with van der Waals surface area (Å²) in [4.78, 5) is 26.4. The van der Waals surface area contributed by atoms with E-state index in [1.54, 1.807) is 18.0 Å². The van der Waals surface area contributed by atoms with Gasteiger partial charge in [-0.15, -0.1) is 0 Å². The lowest BCUT2D eigenvalue weighted by atomic mass is 10.1. The lowest BCUT2D eigenvalue weighted by Crippen LogP contribution is -2.25. The Morgan fingerprint density at radius 3 is 2.66 bits per heavy atom. The summed E-state index contributed by atoms with van der Waals surface area (Å²) in [5.74, 6) is -0.124. The Kier molecular flexibility index (Phi) is 5.16. The molecular formula is C23H24N4O2. The van der Waals surface area contributed by atoms with Gasteiger partial charge in [-0.2, -0.15) is 5.10 Å². The van der Waals surface area contributed by atoms with E-state index < -0.39 is 0 Å². The molecule has 2 amide bonds. The molecule has 0 atom stereocenters. The van der Waals surface area contributed by atoms with Crippen LogP contribution in [-0.2, 0) is 24.2 Å². The third-order valence-corrected chi connectivity index (χ3v) is 5.32. The quantitative estimate of drug-likeness (QED) is 0.725. The summed E-state index contributed by atoms with van der Waals surface area (Å²) in [5, 5.41) is 7.43. The SMILES string of the molecule is CCc1c(C(=O)Nc2ccc3c(c2)CCN3C(C)=O)cnn1Cc1ccccc1. The van der Waals surface area contributed by atoms with Crippen molar-refractivity contribution in [1.82, 2.24) is 9.78 Å². The Morgan fingerprint density at radius 1 is 1.14 bits per heavy atom. The van der Waals surface area contributed by atoms with Gasteiger partial charge in [-0.25, -0.2) is 0 Å². The van der Waals surface area contributed by atoms with Crippen LogP contribution in [0.4, 0.5) is 11.4 Å². The second-order valence-electron chi connectivity index (χ2n) is 7.22. The molecule has 1 aromatic heterocycles. The van der Waals surface area contributed by atoms with E-state index in [9.17, 15) is 9.59 Å². The van der Waals surface area contributed by atoms with Gasteiger partial charge < -0.3 is 10.2 Å². The number of amides is 2. The number of hydrogen-bond acceptors (Lipinski definition) is 3. The zero-order chi connectivity index (χ0) is 20.4. The Balaban J connectivity index is 1.53. The zero-order valence-corrected chi connectivity index (χ0v) is 16.7. The molecule has 0 saturated carbocycles. The first kappa shape index (κ1) is 18.9. The van der Waals surface area contributed by atoms with Crippen molar-refractivity contribution in [3.05, 3.63) is 77.1 Å². The van der Waals surface area contributed by atoms with Gasteiger partial charge in [-0.05, 0) is 42.2 Å². The molecule has 1 aliphatic heterocycles. The summed E-state index contributed by atoms with van der Waals surface area (Å²) in [6, 6.07) is 15.8. The standard InChI is InChI=1S/C23H24N4O2/c1-3-21-20(14-24-27(21)15-17-7-5-4-6-8-17)23(29)25-19-9-10-22-18(13-19)11-12-26(22)16(2)28/h4-10,13-14H,3,11-12,15H2,1-2H3,(H,25,29). The molecule has 0 fully saturated rings. The van der Waals surface area contributed by atoms with Crippen LogP contribution in [0.15, 0.2) is 54.7 Å². The van der Waals surface area contributed by atoms with Crippen LogP contribution in [0.25, 0.3) is 0 Å². The van der Waals surface area contributed by atoms with Crippen molar-refractivity contribution in [2.75, 3.05) is 16.8 Å². The maximum Gasteiger partial charge on any atom is 0.259 e. The number of anilines is 2. The van der Waals surface area contributed by atoms with Gasteiger partial charge in [0, 0.05) is 24.8 Å². The topological polar surface area (TPSA) is 67.2 Å². The molecule has 1 N–H and O–H groups in total. The van der Waals surface area contributed by atoms with E-state index in [0.717, 1.165) is 34.6 Å². The third kappa shape index (κ3) is 3.78. The Labute approximate surface area is 170 Å². The smallest absolute Gasteiger partial charge is 0.259 e. The molecule has 6 nitrogen and oxygen atoms in total. The van der Waals surface area contributed by atoms with E-state index in [1.807, 2.05) is 48.0 Å². The number of hydrogen-bond donors (Lipinski definition) is 1. The van der Waals surface area contributed by atoms with E-state index in [4.69, 9.17) is 0 Å². The van der Waals surface area contributed by atoms with Crippen molar-refractivity contribution < 1.29 is 9.59 Å². The number of rotatable bonds is 5. The van der Waals surface area contributed by atoms with Crippen molar-refractivity contribution in [2.45, 2.75) is 33.2 Å². The summed E-state index contributed by atoms with van der Waals surface area (Å²) in [6.07, 6.45) is 3.16. The summed E-state index contributed by atoms with van der Waals surface area (Å²) < 4.78 is 1.89. The second kappa shape index (κ2) is 7.91. The Morgan fingerprint density at radius 2 is 1.93 bits per heavy atom. The summed E-state index contributed by atoms with van der Waals surface area (Å²) in [7, 11) is 0. The minimum atomic E-state index is -0.164. The van der Waals surface area contributed by atoms with Crippen molar-refractivity contribution in [3.8, 4) is 0 Å². The second-order valence-corrected chi connectivity index (χ2v) is 7.22. The van der Waals surface area contributed by atoms with Gasteiger partial charge in [0.15, 0.2) is 0 Å². The van der Waals surface area contributed by atoms with Crippen LogP contribution >= 0.6 is 0 Å². The lowest BCUT2D eigenvalue weighted by molar-refractivity contribution is -0.116. The number of aromatic nitrogens is 2. The summed E-state index contributed by atoms with van der Waals surface area (Å²) in [6.45, 7) is 4.93. The molecule has 0 bridgehead atoms. The van der Waals surface area contributed by atoms with E-state index in [2.05, 4.69) is 22.5 Å². The fourth-order valence-corrected chi connectivity index (χ4v) is 3.87. The monoisotopic (exact) mass is 388 g/mol. The van der Waals surface area contributed by atoms with Crippen molar-refractivity contribution in [3.63, 3.8) is 0 Å². The van der Waals surface area contributed by atoms with E-state index in [1.165, 1.54) is 0 Å². The van der Waals surface area contributed by atoms with Crippen molar-refractivity contribution in [1.29, 1.82) is 0 Å². The number of nitrogens with zero attached hydrogens (tertiary/aromatic N) is 3. The number of carbonyl (C=O) groups is 2. The summed E-state index contributed by atoms with van der Waals surface area (Å²) >= 11 is 0. The first-order valence-electron chi connectivity index (χ1n) is 9.87. The molecule has 0 saturated heterocycles. The average molecular weight is 388 g/mol. The molecule has 2 aromatic carbocycles. The van der Waals surface area contributed by atoms with Crippen LogP contribution in [0.5, 0.6) is 0 Å². The molecule has 2 heterocycles. The maximum absolute atomic E-state index is 12.9. The van der Waals surface area contributed by atoms with E-state index >= 15 is 0 Å². The molecule has 0 radical (unpaired) electrons. The molecule has 0 aliphatic carbocycles. The van der Waals surface area contributed by atoms with Gasteiger partial charge in [-0.1, -0.05) is 37.3 Å². The largest absolute Gasteiger partial charge is 0.322 e. The van der Waals surface area contributed by atoms with Gasteiger partial charge in [0.2, 0.25) is 5.91 Å². The Hall–Kier alpha value is -3.41. The lowest BCUT2D eigenvalue weighted by Gasteiger charge is -2.15. The first-order valence-corrected chi connectivity index (χ1v) is 9.87. The van der Waals surface area contributed by atoms with E-state index in [0.29, 0.717) is 25.1 Å². The van der Waals surface area contributed by atoms with Crippen LogP contribution in [0, 0.1) is 0 Å². The highest BCUT2D eigenvalue weighted by molar-refractivity contribution is 6.05. The third-order valence-electron chi connectivity index (χ3n) is 5.32. The molecule has 4 rings (SSSR count). The molecule has 0 spiro atoms. The highest BCUT2D eigenvalue weighted by Crippen LogP contribution is 2.30. The van der Waals surface area contributed by atoms with Crippen LogP contribution in [0.2, 0.25) is 0 Å². The number of fused-ring (bicyclic) bond motifs is 1. The van der Waals surface area contributed by atoms with Crippen molar-refractivity contribution in [2.24, 2.45) is 0 Å². The average Bonchev–Trinajstić information content (AvgIpc) is 3.32. The molecule has 0 unspecified atom stereocenters. The number of carbonyl (C=O) groups excluding carboxylic acids is 2. The normalized spacial score (nSPS) is 12.7. The highest BCUT2D eigenvalue weighted by atomic mass is 16.2. The molecule has 6 heteroatoms. The van der Waals surface area contributed by atoms with Crippen LogP contribution < -0.4 is 10.2 Å². The number of benzene rings is 2. The molecule has 148 valence electrons. The van der Waals surface area contributed by atoms with Gasteiger partial charge in [0.05, 0.1) is 24.0 Å². The predicted octanol–water partition coefficient (Wildman–Crippen LogP) is 3.66. The van der Waals surface area contributed by atoms with Gasteiger partial charge in [-0.3, -0.25) is 14.3 Å². The fraction of sp³-hybridized carbons (Fsp3) is 0.261. The minimum Gasteiger partial charge on any atom is -0.322 e. The van der Waals surface area contributed by atoms with Crippen molar-refractivity contribution >= 4 is 23.2 Å². The highest BCUT2D eigenvalue weighted by Gasteiger charge is 2.23. The molecule has 29 heavy (non-hydrogen) atoms. The van der Waals surface area contributed by atoms with Gasteiger partial charge >= 0.3 is 0 Å². The predicted molar refractivity (Wildman–Crippen MR) is 113 cm³/mol. The summed E-state index contributed by atoms with van der Waals surface area (Å²) in [5.41, 5.74) is 5.39. The minimum absolute atomic E-state index is 0.0407. The maximum atomic E-state index is 12.9. The van der Waals surface area contributed by atoms with Crippen LogP contribution in [-0.4, -0.2) is 28.1 Å². The molecule has 3 aromatic rings. The van der Waals surface area contributed by atoms with E-state index in [-0.39, 0.29) is 11.8 Å². The zero-order valence-electron chi connectivity index (χ0n) is 16.7. The molecule has 1 aliphatic rings. The van der Waals surface area contributed by atoms with Crippen LogP contribution in [0.1, 0.15) is 41.0 Å². The first-order chi connectivity index (χ1) is 14.1. The fourth-order valence-electron chi connectivity index (χ4n) is 3.87. The Bertz CT molecular complexity index is 1060. The van der Waals surface area contributed by atoms with Gasteiger partial charge in [0.25, 0.3) is 5.91 Å². The molecular weight excluding hydrogens is 364 g/mol. The number of nitrogens with one attached hydrogen (secondary N) is 1. The van der Waals surface area contributed by atoms with Crippen LogP contribution in [0.3, 0.4) is 0 Å².